The van der Waals surface area contributed by atoms with Crippen molar-refractivity contribution in [2.45, 2.75) is 53.0 Å². The van der Waals surface area contributed by atoms with E-state index in [9.17, 15) is 14.5 Å². The van der Waals surface area contributed by atoms with Crippen LogP contribution in [-0.4, -0.2) is 11.5 Å². The van der Waals surface area contributed by atoms with E-state index in [0.717, 1.165) is 18.5 Å². The SMILES string of the molecule is CCCCCC(C)(C)CNCc1ccc([N+](=O)[O-])c(F)c1. The molecule has 0 aliphatic carbocycles. The maximum absolute atomic E-state index is 13.5. The second-order valence-electron chi connectivity index (χ2n) is 6.27. The molecule has 1 N–H and O–H groups in total. The molecule has 1 aromatic carbocycles. The highest BCUT2D eigenvalue weighted by Crippen LogP contribution is 2.23. The third kappa shape index (κ3) is 6.21. The molecule has 0 saturated heterocycles. The van der Waals surface area contributed by atoms with Gasteiger partial charge in [0.25, 0.3) is 0 Å². The minimum Gasteiger partial charge on any atom is -0.312 e. The summed E-state index contributed by atoms with van der Waals surface area (Å²) in [5, 5.41) is 13.9. The van der Waals surface area contributed by atoms with Gasteiger partial charge in [-0.15, -0.1) is 0 Å². The Labute approximate surface area is 125 Å². The third-order valence-electron chi connectivity index (χ3n) is 3.60. The molecule has 1 rings (SSSR count). The van der Waals surface area contributed by atoms with E-state index in [1.54, 1.807) is 6.07 Å². The molecule has 5 heteroatoms. The molecule has 0 heterocycles. The summed E-state index contributed by atoms with van der Waals surface area (Å²) in [5.41, 5.74) is 0.454. The molecule has 0 radical (unpaired) electrons. The monoisotopic (exact) mass is 296 g/mol. The van der Waals surface area contributed by atoms with Crippen molar-refractivity contribution in [3.05, 3.63) is 39.7 Å². The molecule has 0 aliphatic rings. The number of hydrogen-bond acceptors (Lipinski definition) is 3. The normalized spacial score (nSPS) is 11.6. The van der Waals surface area contributed by atoms with Gasteiger partial charge in [0.2, 0.25) is 5.82 Å². The van der Waals surface area contributed by atoms with E-state index in [2.05, 4.69) is 26.1 Å². The Morgan fingerprint density at radius 1 is 1.33 bits per heavy atom. The van der Waals surface area contributed by atoms with Gasteiger partial charge >= 0.3 is 5.69 Å². The third-order valence-corrected chi connectivity index (χ3v) is 3.60. The van der Waals surface area contributed by atoms with Crippen molar-refractivity contribution in [3.63, 3.8) is 0 Å². The van der Waals surface area contributed by atoms with Gasteiger partial charge in [-0.3, -0.25) is 10.1 Å². The standard InChI is InChI=1S/C16H25FN2O2/c1-4-5-6-9-16(2,3)12-18-11-13-7-8-15(19(20)21)14(17)10-13/h7-8,10,18H,4-6,9,11-12H2,1-3H3. The maximum Gasteiger partial charge on any atom is 0.304 e. The molecule has 0 bridgehead atoms. The van der Waals surface area contributed by atoms with Crippen LogP contribution in [0.4, 0.5) is 10.1 Å². The number of nitrogens with zero attached hydrogens (tertiary/aromatic N) is 1. The van der Waals surface area contributed by atoms with Crippen LogP contribution in [0, 0.1) is 21.3 Å². The Balaban J connectivity index is 2.45. The number of unbranched alkanes of at least 4 members (excludes halogenated alkanes) is 2. The summed E-state index contributed by atoms with van der Waals surface area (Å²) in [5.74, 6) is -0.776. The van der Waals surface area contributed by atoms with Gasteiger partial charge in [-0.1, -0.05) is 46.1 Å². The average molecular weight is 296 g/mol. The first-order chi connectivity index (χ1) is 9.85. The van der Waals surface area contributed by atoms with E-state index in [0.29, 0.717) is 6.54 Å². The molecule has 0 aliphatic heterocycles. The lowest BCUT2D eigenvalue weighted by molar-refractivity contribution is -0.387. The Morgan fingerprint density at radius 3 is 2.62 bits per heavy atom. The van der Waals surface area contributed by atoms with Crippen LogP contribution in [0.2, 0.25) is 0 Å². The van der Waals surface area contributed by atoms with E-state index >= 15 is 0 Å². The molecule has 0 atom stereocenters. The molecule has 0 aromatic heterocycles. The molecular formula is C16H25FN2O2. The van der Waals surface area contributed by atoms with Gasteiger partial charge < -0.3 is 5.32 Å². The number of nitro groups is 1. The Hall–Kier alpha value is -1.49. The molecular weight excluding hydrogens is 271 g/mol. The number of nitro benzene ring substituents is 1. The summed E-state index contributed by atoms with van der Waals surface area (Å²) in [7, 11) is 0. The second-order valence-corrected chi connectivity index (χ2v) is 6.27. The summed E-state index contributed by atoms with van der Waals surface area (Å²) in [4.78, 5) is 9.85. The Kier molecular flexibility index (Phi) is 6.75. The molecule has 21 heavy (non-hydrogen) atoms. The average Bonchev–Trinajstić information content (AvgIpc) is 2.38. The minimum absolute atomic E-state index is 0.203. The highest BCUT2D eigenvalue weighted by atomic mass is 19.1. The van der Waals surface area contributed by atoms with E-state index in [1.807, 2.05) is 0 Å². The van der Waals surface area contributed by atoms with E-state index < -0.39 is 16.4 Å². The zero-order chi connectivity index (χ0) is 15.9. The molecule has 0 saturated carbocycles. The summed E-state index contributed by atoms with van der Waals surface area (Å²) in [6.45, 7) is 7.98. The smallest absolute Gasteiger partial charge is 0.304 e. The summed E-state index contributed by atoms with van der Waals surface area (Å²) >= 11 is 0. The van der Waals surface area contributed by atoms with Gasteiger partial charge in [0, 0.05) is 19.2 Å². The van der Waals surface area contributed by atoms with Gasteiger partial charge in [-0.05, 0) is 23.5 Å². The van der Waals surface area contributed by atoms with Gasteiger partial charge in [0.05, 0.1) is 4.92 Å². The lowest BCUT2D eigenvalue weighted by atomic mass is 9.87. The lowest BCUT2D eigenvalue weighted by Crippen LogP contribution is -2.29. The van der Waals surface area contributed by atoms with Crippen molar-refractivity contribution in [3.8, 4) is 0 Å². The van der Waals surface area contributed by atoms with Gasteiger partial charge in [0.1, 0.15) is 0 Å². The van der Waals surface area contributed by atoms with Gasteiger partial charge in [-0.25, -0.2) is 0 Å². The second kappa shape index (κ2) is 8.08. The fraction of sp³-hybridized carbons (Fsp3) is 0.625. The number of rotatable bonds is 9. The zero-order valence-electron chi connectivity index (χ0n) is 13.1. The Bertz CT molecular complexity index is 475. The van der Waals surface area contributed by atoms with Crippen LogP contribution in [0.5, 0.6) is 0 Å². The summed E-state index contributed by atoms with van der Waals surface area (Å²) in [6, 6.07) is 4.05. The van der Waals surface area contributed by atoms with Crippen LogP contribution in [0.1, 0.15) is 52.0 Å². The van der Waals surface area contributed by atoms with Gasteiger partial charge in [-0.2, -0.15) is 4.39 Å². The molecule has 0 unspecified atom stereocenters. The Morgan fingerprint density at radius 2 is 2.05 bits per heavy atom. The van der Waals surface area contributed by atoms with Crippen molar-refractivity contribution in [2.24, 2.45) is 5.41 Å². The first-order valence-corrected chi connectivity index (χ1v) is 7.49. The zero-order valence-corrected chi connectivity index (χ0v) is 13.1. The molecule has 4 nitrogen and oxygen atoms in total. The van der Waals surface area contributed by atoms with Crippen LogP contribution in [0.15, 0.2) is 18.2 Å². The summed E-state index contributed by atoms with van der Waals surface area (Å²) < 4.78 is 13.5. The number of benzene rings is 1. The minimum atomic E-state index is -0.776. The molecule has 0 spiro atoms. The number of hydrogen-bond donors (Lipinski definition) is 1. The largest absolute Gasteiger partial charge is 0.312 e. The highest BCUT2D eigenvalue weighted by Gasteiger charge is 2.17. The van der Waals surface area contributed by atoms with Crippen molar-refractivity contribution in [2.75, 3.05) is 6.54 Å². The van der Waals surface area contributed by atoms with Crippen molar-refractivity contribution >= 4 is 5.69 Å². The van der Waals surface area contributed by atoms with Crippen LogP contribution in [0.3, 0.4) is 0 Å². The molecule has 0 amide bonds. The van der Waals surface area contributed by atoms with Crippen molar-refractivity contribution in [1.29, 1.82) is 0 Å². The van der Waals surface area contributed by atoms with Crippen molar-refractivity contribution in [1.82, 2.24) is 5.32 Å². The van der Waals surface area contributed by atoms with Gasteiger partial charge in [0.15, 0.2) is 0 Å². The highest BCUT2D eigenvalue weighted by molar-refractivity contribution is 5.34. The molecule has 0 fully saturated rings. The predicted molar refractivity (Wildman–Crippen MR) is 82.7 cm³/mol. The predicted octanol–water partition coefficient (Wildman–Crippen LogP) is 4.43. The maximum atomic E-state index is 13.5. The van der Waals surface area contributed by atoms with Crippen molar-refractivity contribution < 1.29 is 9.31 Å². The van der Waals surface area contributed by atoms with Crippen LogP contribution in [0.25, 0.3) is 0 Å². The molecule has 118 valence electrons. The van der Waals surface area contributed by atoms with E-state index in [4.69, 9.17) is 0 Å². The topological polar surface area (TPSA) is 55.2 Å². The van der Waals surface area contributed by atoms with E-state index in [-0.39, 0.29) is 5.41 Å². The first-order valence-electron chi connectivity index (χ1n) is 7.49. The molecule has 1 aromatic rings. The van der Waals surface area contributed by atoms with Crippen LogP contribution in [-0.2, 0) is 6.54 Å². The van der Waals surface area contributed by atoms with Crippen LogP contribution < -0.4 is 5.32 Å². The fourth-order valence-electron chi connectivity index (χ4n) is 2.30. The summed E-state index contributed by atoms with van der Waals surface area (Å²) in [6.07, 6.45) is 4.84. The lowest BCUT2D eigenvalue weighted by Gasteiger charge is -2.25. The quantitative estimate of drug-likeness (QED) is 0.416. The first kappa shape index (κ1) is 17.6. The van der Waals surface area contributed by atoms with E-state index in [1.165, 1.54) is 31.4 Å². The fourth-order valence-corrected chi connectivity index (χ4v) is 2.30. The number of nitrogens with one attached hydrogen (secondary N) is 1. The van der Waals surface area contributed by atoms with Crippen LogP contribution >= 0.6 is 0 Å². The number of halogens is 1.